The molecule has 1 aromatic carbocycles. The molecule has 6 nitrogen and oxygen atoms in total. The lowest BCUT2D eigenvalue weighted by Crippen LogP contribution is -2.68. The molecule has 3 aliphatic heterocycles. The highest BCUT2D eigenvalue weighted by molar-refractivity contribution is 5.83. The van der Waals surface area contributed by atoms with Crippen LogP contribution in [0.15, 0.2) is 48.8 Å². The van der Waals surface area contributed by atoms with Gasteiger partial charge in [0.1, 0.15) is 11.4 Å². The van der Waals surface area contributed by atoms with E-state index in [-0.39, 0.29) is 17.6 Å². The van der Waals surface area contributed by atoms with Gasteiger partial charge in [-0.1, -0.05) is 24.3 Å². The molecule has 6 heteroatoms. The SMILES string of the molecule is O=C([C@@H]1Cc2ccccc2O1)N1CC2(C[C@H](OCc3cccnc3)CCO2)C1. The van der Waals surface area contributed by atoms with Gasteiger partial charge in [-0.25, -0.2) is 0 Å². The number of hydrogen-bond donors (Lipinski definition) is 0. The zero-order valence-corrected chi connectivity index (χ0v) is 15.8. The van der Waals surface area contributed by atoms with Crippen LogP contribution in [-0.4, -0.2) is 53.3 Å². The molecule has 0 radical (unpaired) electrons. The smallest absolute Gasteiger partial charge is 0.264 e. The Morgan fingerprint density at radius 1 is 1.25 bits per heavy atom. The van der Waals surface area contributed by atoms with Crippen LogP contribution in [-0.2, 0) is 27.3 Å². The average Bonchev–Trinajstić information content (AvgIpc) is 3.15. The van der Waals surface area contributed by atoms with Gasteiger partial charge >= 0.3 is 0 Å². The van der Waals surface area contributed by atoms with Gasteiger partial charge in [0.25, 0.3) is 5.91 Å². The Hall–Kier alpha value is -2.44. The van der Waals surface area contributed by atoms with Crippen LogP contribution >= 0.6 is 0 Å². The van der Waals surface area contributed by atoms with Gasteiger partial charge in [0.15, 0.2) is 6.10 Å². The van der Waals surface area contributed by atoms with Crippen LogP contribution in [0.5, 0.6) is 5.75 Å². The number of carbonyl (C=O) groups excluding carboxylic acids is 1. The van der Waals surface area contributed by atoms with E-state index in [1.54, 1.807) is 6.20 Å². The Balaban J connectivity index is 1.14. The number of hydrogen-bond acceptors (Lipinski definition) is 5. The Morgan fingerprint density at radius 2 is 2.14 bits per heavy atom. The number of carbonyl (C=O) groups is 1. The first-order chi connectivity index (χ1) is 13.7. The molecule has 0 aliphatic carbocycles. The summed E-state index contributed by atoms with van der Waals surface area (Å²) in [7, 11) is 0. The van der Waals surface area contributed by atoms with E-state index in [1.165, 1.54) is 0 Å². The molecule has 0 saturated carbocycles. The number of amides is 1. The summed E-state index contributed by atoms with van der Waals surface area (Å²) in [5.74, 6) is 0.887. The average molecular weight is 380 g/mol. The zero-order valence-electron chi connectivity index (χ0n) is 15.8. The molecule has 2 aromatic rings. The third kappa shape index (κ3) is 3.38. The van der Waals surface area contributed by atoms with E-state index in [4.69, 9.17) is 14.2 Å². The monoisotopic (exact) mass is 380 g/mol. The number of pyridine rings is 1. The summed E-state index contributed by atoms with van der Waals surface area (Å²) in [6.07, 6.45) is 5.70. The Labute approximate surface area is 164 Å². The molecule has 0 bridgehead atoms. The van der Waals surface area contributed by atoms with Crippen molar-refractivity contribution in [2.75, 3.05) is 19.7 Å². The van der Waals surface area contributed by atoms with Gasteiger partial charge in [-0.15, -0.1) is 0 Å². The summed E-state index contributed by atoms with van der Waals surface area (Å²) in [6, 6.07) is 11.8. The van der Waals surface area contributed by atoms with Crippen LogP contribution in [0, 0.1) is 0 Å². The van der Waals surface area contributed by atoms with E-state index >= 15 is 0 Å². The fourth-order valence-corrected chi connectivity index (χ4v) is 4.37. The number of para-hydroxylation sites is 1. The highest BCUT2D eigenvalue weighted by Crippen LogP contribution is 2.37. The van der Waals surface area contributed by atoms with Crippen LogP contribution in [0.3, 0.4) is 0 Å². The molecule has 1 spiro atoms. The Bertz CT molecular complexity index is 826. The van der Waals surface area contributed by atoms with E-state index in [1.807, 2.05) is 47.5 Å². The molecule has 3 aliphatic rings. The van der Waals surface area contributed by atoms with E-state index in [0.717, 1.165) is 29.7 Å². The van der Waals surface area contributed by atoms with Crippen molar-refractivity contribution in [2.45, 2.75) is 43.7 Å². The van der Waals surface area contributed by atoms with Crippen molar-refractivity contribution in [1.29, 1.82) is 0 Å². The van der Waals surface area contributed by atoms with Crippen LogP contribution in [0.1, 0.15) is 24.0 Å². The molecular formula is C22H24N2O4. The van der Waals surface area contributed by atoms with Crippen molar-refractivity contribution in [3.8, 4) is 5.75 Å². The largest absolute Gasteiger partial charge is 0.480 e. The summed E-state index contributed by atoms with van der Waals surface area (Å²) in [4.78, 5) is 18.8. The summed E-state index contributed by atoms with van der Waals surface area (Å²) >= 11 is 0. The number of benzene rings is 1. The number of fused-ring (bicyclic) bond motifs is 1. The van der Waals surface area contributed by atoms with Gasteiger partial charge in [0.2, 0.25) is 0 Å². The summed E-state index contributed by atoms with van der Waals surface area (Å²) in [6.45, 7) is 2.47. The predicted molar refractivity (Wildman–Crippen MR) is 102 cm³/mol. The lowest BCUT2D eigenvalue weighted by Gasteiger charge is -2.53. The van der Waals surface area contributed by atoms with Crippen molar-refractivity contribution in [1.82, 2.24) is 9.88 Å². The molecule has 4 heterocycles. The second kappa shape index (κ2) is 7.18. The molecule has 2 fully saturated rings. The summed E-state index contributed by atoms with van der Waals surface area (Å²) in [5.41, 5.74) is 1.92. The first-order valence-electron chi connectivity index (χ1n) is 9.89. The van der Waals surface area contributed by atoms with E-state index in [0.29, 0.717) is 32.7 Å². The molecule has 146 valence electrons. The minimum Gasteiger partial charge on any atom is -0.480 e. The zero-order chi connectivity index (χ0) is 19.0. The third-order valence-corrected chi connectivity index (χ3v) is 5.85. The molecule has 0 N–H and O–H groups in total. The maximum atomic E-state index is 12.8. The number of ether oxygens (including phenoxy) is 3. The van der Waals surface area contributed by atoms with E-state index in [2.05, 4.69) is 4.98 Å². The minimum atomic E-state index is -0.407. The normalized spacial score (nSPS) is 25.1. The quantitative estimate of drug-likeness (QED) is 0.815. The first-order valence-corrected chi connectivity index (χ1v) is 9.89. The van der Waals surface area contributed by atoms with Crippen molar-refractivity contribution in [3.05, 3.63) is 59.9 Å². The summed E-state index contributed by atoms with van der Waals surface area (Å²) in [5, 5.41) is 0. The fraction of sp³-hybridized carbons (Fsp3) is 0.455. The third-order valence-electron chi connectivity index (χ3n) is 5.85. The number of likely N-dealkylation sites (tertiary alicyclic amines) is 1. The highest BCUT2D eigenvalue weighted by atomic mass is 16.5. The molecular weight excluding hydrogens is 356 g/mol. The van der Waals surface area contributed by atoms with Gasteiger partial charge in [-0.05, 0) is 29.7 Å². The number of nitrogens with zero attached hydrogens (tertiary/aromatic N) is 2. The topological polar surface area (TPSA) is 60.9 Å². The molecule has 1 aromatic heterocycles. The lowest BCUT2D eigenvalue weighted by molar-refractivity contribution is -0.205. The van der Waals surface area contributed by atoms with Crippen LogP contribution in [0.4, 0.5) is 0 Å². The van der Waals surface area contributed by atoms with Crippen LogP contribution in [0.25, 0.3) is 0 Å². The first kappa shape index (κ1) is 17.6. The predicted octanol–water partition coefficient (Wildman–Crippen LogP) is 2.36. The Kier molecular flexibility index (Phi) is 4.53. The van der Waals surface area contributed by atoms with Crippen molar-refractivity contribution in [3.63, 3.8) is 0 Å². The van der Waals surface area contributed by atoms with Gasteiger partial charge in [-0.3, -0.25) is 9.78 Å². The van der Waals surface area contributed by atoms with Crippen molar-refractivity contribution < 1.29 is 19.0 Å². The fourth-order valence-electron chi connectivity index (χ4n) is 4.37. The molecule has 28 heavy (non-hydrogen) atoms. The minimum absolute atomic E-state index is 0.0591. The van der Waals surface area contributed by atoms with Gasteiger partial charge in [0, 0.05) is 31.8 Å². The second-order valence-corrected chi connectivity index (χ2v) is 7.93. The standard InChI is InChI=1S/C22H24N2O4/c25-21(20-10-17-5-1-2-6-19(17)28-20)24-14-22(15-24)11-18(7-9-27-22)26-13-16-4-3-8-23-12-16/h1-6,8,12,18,20H,7,9-11,13-15H2/t18-,20+/m1/s1. The van der Waals surface area contributed by atoms with Crippen molar-refractivity contribution >= 4 is 5.91 Å². The van der Waals surface area contributed by atoms with Crippen LogP contribution in [0.2, 0.25) is 0 Å². The Morgan fingerprint density at radius 3 is 2.96 bits per heavy atom. The maximum absolute atomic E-state index is 12.8. The molecule has 0 unspecified atom stereocenters. The van der Waals surface area contributed by atoms with Gasteiger partial charge in [0.05, 0.1) is 25.8 Å². The molecule has 5 rings (SSSR count). The van der Waals surface area contributed by atoms with Crippen LogP contribution < -0.4 is 4.74 Å². The van der Waals surface area contributed by atoms with E-state index in [9.17, 15) is 4.79 Å². The maximum Gasteiger partial charge on any atom is 0.264 e. The lowest BCUT2D eigenvalue weighted by atomic mass is 9.84. The summed E-state index contributed by atoms with van der Waals surface area (Å²) < 4.78 is 18.0. The second-order valence-electron chi connectivity index (χ2n) is 7.93. The molecule has 2 saturated heterocycles. The molecule has 2 atom stereocenters. The van der Waals surface area contributed by atoms with Gasteiger partial charge < -0.3 is 19.1 Å². The van der Waals surface area contributed by atoms with E-state index < -0.39 is 6.10 Å². The molecule has 1 amide bonds. The highest BCUT2D eigenvalue weighted by Gasteiger charge is 2.51. The number of rotatable bonds is 4. The van der Waals surface area contributed by atoms with Gasteiger partial charge in [-0.2, -0.15) is 0 Å². The van der Waals surface area contributed by atoms with Crippen molar-refractivity contribution in [2.24, 2.45) is 0 Å². The number of aromatic nitrogens is 1.